The summed E-state index contributed by atoms with van der Waals surface area (Å²) in [5.41, 5.74) is 2.13. The van der Waals surface area contributed by atoms with E-state index in [1.165, 1.54) is 4.88 Å². The summed E-state index contributed by atoms with van der Waals surface area (Å²) in [5.74, 6) is 0. The molecule has 1 unspecified atom stereocenters. The minimum Gasteiger partial charge on any atom is -0.309 e. The molecule has 0 aliphatic rings. The van der Waals surface area contributed by atoms with Crippen LogP contribution in [0.5, 0.6) is 0 Å². The molecule has 4 heteroatoms. The summed E-state index contributed by atoms with van der Waals surface area (Å²) >= 11 is 1.74. The fourth-order valence-corrected chi connectivity index (χ4v) is 2.61. The van der Waals surface area contributed by atoms with E-state index < -0.39 is 0 Å². The number of nitrogens with one attached hydrogen (secondary N) is 1. The Kier molecular flexibility index (Phi) is 4.44. The van der Waals surface area contributed by atoms with Gasteiger partial charge in [-0.25, -0.2) is 4.98 Å². The predicted molar refractivity (Wildman–Crippen MR) is 76.8 cm³/mol. The van der Waals surface area contributed by atoms with Crippen molar-refractivity contribution in [1.82, 2.24) is 15.3 Å². The second-order valence-electron chi connectivity index (χ2n) is 4.43. The van der Waals surface area contributed by atoms with Gasteiger partial charge >= 0.3 is 0 Å². The highest BCUT2D eigenvalue weighted by Gasteiger charge is 2.10. The van der Waals surface area contributed by atoms with E-state index in [-0.39, 0.29) is 0 Å². The molecule has 2 rings (SSSR count). The molecule has 0 aliphatic carbocycles. The smallest absolute Gasteiger partial charge is 0.125 e. The van der Waals surface area contributed by atoms with Crippen LogP contribution in [0.2, 0.25) is 0 Å². The monoisotopic (exact) mass is 261 g/mol. The third-order valence-corrected chi connectivity index (χ3v) is 4.04. The summed E-state index contributed by atoms with van der Waals surface area (Å²) in [5, 5.41) is 4.52. The predicted octanol–water partition coefficient (Wildman–Crippen LogP) is 3.57. The molecule has 0 fully saturated rings. The zero-order valence-electron chi connectivity index (χ0n) is 11.1. The average molecular weight is 261 g/mol. The van der Waals surface area contributed by atoms with Crippen LogP contribution in [0.1, 0.15) is 36.9 Å². The molecule has 0 saturated heterocycles. The van der Waals surface area contributed by atoms with Gasteiger partial charge in [-0.15, -0.1) is 11.3 Å². The van der Waals surface area contributed by atoms with Crippen LogP contribution in [0.4, 0.5) is 0 Å². The lowest BCUT2D eigenvalue weighted by atomic mass is 10.2. The van der Waals surface area contributed by atoms with Crippen LogP contribution in [-0.2, 0) is 0 Å². The minimum absolute atomic E-state index is 0.370. The molecule has 0 aromatic carbocycles. The number of nitrogens with zero attached hydrogens (tertiary/aromatic N) is 2. The van der Waals surface area contributed by atoms with E-state index in [0.29, 0.717) is 6.04 Å². The molecule has 0 amide bonds. The molecule has 2 heterocycles. The van der Waals surface area contributed by atoms with E-state index in [4.69, 9.17) is 0 Å². The summed E-state index contributed by atoms with van der Waals surface area (Å²) in [6, 6.07) is 4.47. The third kappa shape index (κ3) is 3.15. The van der Waals surface area contributed by atoms with Crippen molar-refractivity contribution in [3.05, 3.63) is 35.1 Å². The SMILES string of the molecule is CCCNC(C)c1cnc(-c2ccc(C)nc2)s1. The maximum Gasteiger partial charge on any atom is 0.125 e. The second-order valence-corrected chi connectivity index (χ2v) is 5.49. The molecule has 3 nitrogen and oxygen atoms in total. The largest absolute Gasteiger partial charge is 0.309 e. The van der Waals surface area contributed by atoms with Gasteiger partial charge in [0.15, 0.2) is 0 Å². The number of hydrogen-bond acceptors (Lipinski definition) is 4. The van der Waals surface area contributed by atoms with E-state index in [0.717, 1.165) is 29.2 Å². The molecule has 18 heavy (non-hydrogen) atoms. The van der Waals surface area contributed by atoms with Crippen LogP contribution in [0.25, 0.3) is 10.6 Å². The van der Waals surface area contributed by atoms with Crippen molar-refractivity contribution in [3.63, 3.8) is 0 Å². The first-order valence-corrected chi connectivity index (χ1v) is 7.14. The van der Waals surface area contributed by atoms with Gasteiger partial charge in [-0.1, -0.05) is 6.92 Å². The summed E-state index contributed by atoms with van der Waals surface area (Å²) in [6.07, 6.45) is 5.01. The Morgan fingerprint density at radius 1 is 1.28 bits per heavy atom. The molecular weight excluding hydrogens is 242 g/mol. The first kappa shape index (κ1) is 13.2. The van der Waals surface area contributed by atoms with E-state index in [2.05, 4.69) is 35.2 Å². The lowest BCUT2D eigenvalue weighted by molar-refractivity contribution is 0.577. The number of aryl methyl sites for hydroxylation is 1. The van der Waals surface area contributed by atoms with Gasteiger partial charge in [0.05, 0.1) is 0 Å². The third-order valence-electron chi connectivity index (χ3n) is 2.81. The summed E-state index contributed by atoms with van der Waals surface area (Å²) in [4.78, 5) is 10.1. The molecule has 2 aromatic heterocycles. The van der Waals surface area contributed by atoms with E-state index in [9.17, 15) is 0 Å². The number of thiazole rings is 1. The van der Waals surface area contributed by atoms with Crippen molar-refractivity contribution in [1.29, 1.82) is 0 Å². The second kappa shape index (κ2) is 6.07. The van der Waals surface area contributed by atoms with Crippen molar-refractivity contribution in [3.8, 4) is 10.6 Å². The molecule has 0 radical (unpaired) electrons. The van der Waals surface area contributed by atoms with Crippen LogP contribution in [-0.4, -0.2) is 16.5 Å². The van der Waals surface area contributed by atoms with Gasteiger partial charge in [0.25, 0.3) is 0 Å². The van der Waals surface area contributed by atoms with Crippen molar-refractivity contribution >= 4 is 11.3 Å². The zero-order chi connectivity index (χ0) is 13.0. The fraction of sp³-hybridized carbons (Fsp3) is 0.429. The maximum atomic E-state index is 4.48. The van der Waals surface area contributed by atoms with Gasteiger partial charge in [0, 0.05) is 34.6 Å². The molecule has 0 bridgehead atoms. The Labute approximate surface area is 112 Å². The van der Waals surface area contributed by atoms with Crippen molar-refractivity contribution in [2.75, 3.05) is 6.54 Å². The molecule has 0 spiro atoms. The van der Waals surface area contributed by atoms with Gasteiger partial charge in [-0.05, 0) is 38.9 Å². The Balaban J connectivity index is 2.12. The van der Waals surface area contributed by atoms with Crippen LogP contribution in [0, 0.1) is 6.92 Å². The van der Waals surface area contributed by atoms with Crippen molar-refractivity contribution in [2.24, 2.45) is 0 Å². The molecular formula is C14H19N3S. The van der Waals surface area contributed by atoms with E-state index in [1.54, 1.807) is 11.3 Å². The lowest BCUT2D eigenvalue weighted by Gasteiger charge is -2.09. The first-order valence-electron chi connectivity index (χ1n) is 6.33. The highest BCUT2D eigenvalue weighted by atomic mass is 32.1. The van der Waals surface area contributed by atoms with E-state index in [1.807, 2.05) is 25.4 Å². The fourth-order valence-electron chi connectivity index (χ4n) is 1.68. The van der Waals surface area contributed by atoms with E-state index >= 15 is 0 Å². The number of pyridine rings is 1. The normalized spacial score (nSPS) is 12.6. The van der Waals surface area contributed by atoms with Gasteiger partial charge < -0.3 is 5.32 Å². The lowest BCUT2D eigenvalue weighted by Crippen LogP contribution is -2.18. The number of aromatic nitrogens is 2. The highest BCUT2D eigenvalue weighted by molar-refractivity contribution is 7.15. The first-order chi connectivity index (χ1) is 8.70. The molecule has 1 atom stereocenters. The molecule has 0 aliphatic heterocycles. The standard InChI is InChI=1S/C14H19N3S/c1-4-7-15-11(3)13-9-17-14(18-13)12-6-5-10(2)16-8-12/h5-6,8-9,11,15H,4,7H2,1-3H3. The van der Waals surface area contributed by atoms with Crippen LogP contribution in [0.15, 0.2) is 24.5 Å². The molecule has 2 aromatic rings. The van der Waals surface area contributed by atoms with Gasteiger partial charge in [-0.3, -0.25) is 4.98 Å². The van der Waals surface area contributed by atoms with Gasteiger partial charge in [0.2, 0.25) is 0 Å². The Bertz CT molecular complexity index is 490. The topological polar surface area (TPSA) is 37.8 Å². The van der Waals surface area contributed by atoms with Gasteiger partial charge in [-0.2, -0.15) is 0 Å². The van der Waals surface area contributed by atoms with Crippen molar-refractivity contribution < 1.29 is 0 Å². The summed E-state index contributed by atoms with van der Waals surface area (Å²) in [6.45, 7) is 7.39. The molecule has 96 valence electrons. The number of rotatable bonds is 5. The molecule has 1 N–H and O–H groups in total. The Morgan fingerprint density at radius 3 is 2.78 bits per heavy atom. The molecule has 0 saturated carbocycles. The van der Waals surface area contributed by atoms with Crippen LogP contribution in [0.3, 0.4) is 0 Å². The zero-order valence-corrected chi connectivity index (χ0v) is 11.9. The van der Waals surface area contributed by atoms with Crippen LogP contribution >= 0.6 is 11.3 Å². The average Bonchev–Trinajstić information content (AvgIpc) is 2.86. The minimum atomic E-state index is 0.370. The van der Waals surface area contributed by atoms with Gasteiger partial charge in [0.1, 0.15) is 5.01 Å². The Hall–Kier alpha value is -1.26. The summed E-state index contributed by atoms with van der Waals surface area (Å²) in [7, 11) is 0. The quantitative estimate of drug-likeness (QED) is 0.894. The Morgan fingerprint density at radius 2 is 2.11 bits per heavy atom. The van der Waals surface area contributed by atoms with Crippen molar-refractivity contribution in [2.45, 2.75) is 33.2 Å². The summed E-state index contributed by atoms with van der Waals surface area (Å²) < 4.78 is 0. The highest BCUT2D eigenvalue weighted by Crippen LogP contribution is 2.28. The maximum absolute atomic E-state index is 4.48. The number of hydrogen-bond donors (Lipinski definition) is 1. The van der Waals surface area contributed by atoms with Crippen LogP contribution < -0.4 is 5.32 Å².